The van der Waals surface area contributed by atoms with Crippen molar-refractivity contribution in [3.63, 3.8) is 0 Å². The second-order valence-corrected chi connectivity index (χ2v) is 11.8. The molecule has 2 aromatic carbocycles. The van der Waals surface area contributed by atoms with E-state index in [-0.39, 0.29) is 5.92 Å². The lowest BCUT2D eigenvalue weighted by Crippen LogP contribution is -2.27. The molecule has 1 fully saturated rings. The SMILES string of the molecule is CCC1CC=Nc2c(C(N)=O)c(N(C)CCOC)cc(-c3ccc4c(c3)N=CC(C(C)C3CCCCC3)C4)c21. The summed E-state index contributed by atoms with van der Waals surface area (Å²) < 4.78 is 5.32. The number of amides is 1. The van der Waals surface area contributed by atoms with Gasteiger partial charge in [-0.2, -0.15) is 0 Å². The summed E-state index contributed by atoms with van der Waals surface area (Å²) in [6.07, 6.45) is 13.9. The molecule has 6 nitrogen and oxygen atoms in total. The molecule has 3 aliphatic rings. The first kappa shape index (κ1) is 27.6. The number of anilines is 1. The summed E-state index contributed by atoms with van der Waals surface area (Å²) in [7, 11) is 3.66. The molecular weight excluding hydrogens is 484 g/mol. The van der Waals surface area contributed by atoms with E-state index in [1.54, 1.807) is 7.11 Å². The standard InChI is InChI=1S/C33H44N4O2/c1-5-22-13-14-35-32-30(22)27(19-29(31(32)33(34)38)37(3)15-16-39-4)24-11-12-25-17-26(20-36-28(25)18-24)21(2)23-9-7-6-8-10-23/h11-12,14,18-23,26H,5-10,13,15-17H2,1-4H3,(H2,34,38). The van der Waals surface area contributed by atoms with Gasteiger partial charge in [0.1, 0.15) is 0 Å². The maximum absolute atomic E-state index is 12.8. The Labute approximate surface area is 233 Å². The number of fused-ring (bicyclic) bond motifs is 2. The van der Waals surface area contributed by atoms with Crippen molar-refractivity contribution in [1.82, 2.24) is 0 Å². The van der Waals surface area contributed by atoms with Gasteiger partial charge in [-0.1, -0.05) is 58.1 Å². The van der Waals surface area contributed by atoms with Crippen molar-refractivity contribution in [3.05, 3.63) is 41.0 Å². The van der Waals surface area contributed by atoms with Crippen molar-refractivity contribution in [2.24, 2.45) is 33.5 Å². The number of hydrogen-bond acceptors (Lipinski definition) is 5. The number of rotatable bonds is 9. The monoisotopic (exact) mass is 528 g/mol. The molecule has 1 aliphatic carbocycles. The summed E-state index contributed by atoms with van der Waals surface area (Å²) in [5.74, 6) is 1.84. The Balaban J connectivity index is 1.55. The fourth-order valence-electron chi connectivity index (χ4n) is 6.95. The molecule has 6 heteroatoms. The van der Waals surface area contributed by atoms with Gasteiger partial charge in [-0.3, -0.25) is 14.8 Å². The van der Waals surface area contributed by atoms with Gasteiger partial charge in [0.05, 0.1) is 29.2 Å². The van der Waals surface area contributed by atoms with E-state index >= 15 is 0 Å². The van der Waals surface area contributed by atoms with Crippen LogP contribution in [0.4, 0.5) is 17.1 Å². The highest BCUT2D eigenvalue weighted by Gasteiger charge is 2.31. The van der Waals surface area contributed by atoms with Crippen LogP contribution >= 0.6 is 0 Å². The molecule has 2 aliphatic heterocycles. The molecule has 2 heterocycles. The highest BCUT2D eigenvalue weighted by Crippen LogP contribution is 2.48. The van der Waals surface area contributed by atoms with Gasteiger partial charge in [0, 0.05) is 39.0 Å². The van der Waals surface area contributed by atoms with Gasteiger partial charge >= 0.3 is 0 Å². The number of primary amides is 1. The first-order valence-corrected chi connectivity index (χ1v) is 14.8. The Bertz CT molecular complexity index is 1260. The number of ether oxygens (including phenoxy) is 1. The first-order chi connectivity index (χ1) is 18.9. The zero-order chi connectivity index (χ0) is 27.5. The topological polar surface area (TPSA) is 80.3 Å². The van der Waals surface area contributed by atoms with E-state index in [1.165, 1.54) is 37.7 Å². The minimum absolute atomic E-state index is 0.282. The zero-order valence-electron chi connectivity index (χ0n) is 24.1. The highest BCUT2D eigenvalue weighted by atomic mass is 16.5. The van der Waals surface area contributed by atoms with Crippen molar-refractivity contribution in [2.45, 2.75) is 71.1 Å². The molecule has 0 saturated heterocycles. The molecule has 39 heavy (non-hydrogen) atoms. The quantitative estimate of drug-likeness (QED) is 0.373. The van der Waals surface area contributed by atoms with Gasteiger partial charge in [0.2, 0.25) is 0 Å². The van der Waals surface area contributed by atoms with E-state index in [9.17, 15) is 4.79 Å². The number of benzene rings is 2. The number of nitrogens with two attached hydrogens (primary N) is 1. The number of nitrogens with zero attached hydrogens (tertiary/aromatic N) is 3. The minimum atomic E-state index is -0.445. The van der Waals surface area contributed by atoms with Crippen LogP contribution in [-0.2, 0) is 11.2 Å². The van der Waals surface area contributed by atoms with Gasteiger partial charge < -0.3 is 15.4 Å². The predicted molar refractivity (Wildman–Crippen MR) is 162 cm³/mol. The van der Waals surface area contributed by atoms with Gasteiger partial charge in [-0.25, -0.2) is 0 Å². The molecule has 5 rings (SSSR count). The summed E-state index contributed by atoms with van der Waals surface area (Å²) in [6, 6.07) is 8.89. The Morgan fingerprint density at radius 3 is 2.69 bits per heavy atom. The van der Waals surface area contributed by atoms with E-state index < -0.39 is 5.91 Å². The molecule has 0 radical (unpaired) electrons. The van der Waals surface area contributed by atoms with E-state index in [1.807, 2.05) is 18.2 Å². The van der Waals surface area contributed by atoms with Gasteiger partial charge in [-0.05, 0) is 71.4 Å². The average Bonchev–Trinajstić information content (AvgIpc) is 2.97. The first-order valence-electron chi connectivity index (χ1n) is 14.8. The number of hydrogen-bond donors (Lipinski definition) is 1. The predicted octanol–water partition coefficient (Wildman–Crippen LogP) is 7.23. The lowest BCUT2D eigenvalue weighted by molar-refractivity contribution is 0.100. The van der Waals surface area contributed by atoms with E-state index in [0.29, 0.717) is 30.6 Å². The number of carbonyl (C=O) groups excluding carboxylic acids is 1. The average molecular weight is 529 g/mol. The van der Waals surface area contributed by atoms with Crippen LogP contribution in [-0.4, -0.2) is 45.6 Å². The van der Waals surface area contributed by atoms with Gasteiger partial charge in [-0.15, -0.1) is 0 Å². The van der Waals surface area contributed by atoms with Crippen LogP contribution in [0.3, 0.4) is 0 Å². The number of likely N-dealkylation sites (N-methyl/N-ethyl adjacent to an activating group) is 1. The summed E-state index contributed by atoms with van der Waals surface area (Å²) in [5, 5.41) is 0. The molecule has 2 aromatic rings. The van der Waals surface area contributed by atoms with E-state index in [0.717, 1.165) is 58.9 Å². The fourth-order valence-corrected chi connectivity index (χ4v) is 6.95. The van der Waals surface area contributed by atoms with Crippen LogP contribution in [0.5, 0.6) is 0 Å². The van der Waals surface area contributed by atoms with Gasteiger partial charge in [0.25, 0.3) is 5.91 Å². The van der Waals surface area contributed by atoms with E-state index in [2.05, 4.69) is 44.3 Å². The fraction of sp³-hybridized carbons (Fsp3) is 0.545. The summed E-state index contributed by atoms with van der Waals surface area (Å²) in [5.41, 5.74) is 13.7. The van der Waals surface area contributed by atoms with Crippen LogP contribution in [0.2, 0.25) is 0 Å². The van der Waals surface area contributed by atoms with Crippen LogP contribution in [0, 0.1) is 17.8 Å². The summed E-state index contributed by atoms with van der Waals surface area (Å²) >= 11 is 0. The van der Waals surface area contributed by atoms with Crippen molar-refractivity contribution in [1.29, 1.82) is 0 Å². The Hall–Kier alpha value is -2.99. The molecule has 208 valence electrons. The second-order valence-electron chi connectivity index (χ2n) is 11.8. The van der Waals surface area contributed by atoms with Crippen LogP contribution in [0.25, 0.3) is 11.1 Å². The molecule has 1 saturated carbocycles. The number of methoxy groups -OCH3 is 1. The smallest absolute Gasteiger partial charge is 0.253 e. The number of carbonyl (C=O) groups is 1. The van der Waals surface area contributed by atoms with Crippen LogP contribution in [0.15, 0.2) is 34.3 Å². The minimum Gasteiger partial charge on any atom is -0.383 e. The third kappa shape index (κ3) is 5.54. The maximum atomic E-state index is 12.8. The normalized spacial score (nSPS) is 21.3. The maximum Gasteiger partial charge on any atom is 0.253 e. The number of aliphatic imine (C=N–C) groups is 2. The zero-order valence-corrected chi connectivity index (χ0v) is 24.1. The Morgan fingerprint density at radius 1 is 1.18 bits per heavy atom. The molecular formula is C33H44N4O2. The summed E-state index contributed by atoms with van der Waals surface area (Å²) in [6.45, 7) is 5.83. The molecule has 3 unspecified atom stereocenters. The molecule has 2 N–H and O–H groups in total. The largest absolute Gasteiger partial charge is 0.383 e. The molecule has 3 atom stereocenters. The highest BCUT2D eigenvalue weighted by molar-refractivity contribution is 6.07. The molecule has 0 aromatic heterocycles. The summed E-state index contributed by atoms with van der Waals surface area (Å²) in [4.78, 5) is 24.6. The van der Waals surface area contributed by atoms with Crippen molar-refractivity contribution in [2.75, 3.05) is 32.2 Å². The lowest BCUT2D eigenvalue weighted by Gasteiger charge is -2.33. The molecule has 0 bridgehead atoms. The van der Waals surface area contributed by atoms with Crippen LogP contribution in [0.1, 0.15) is 86.2 Å². The van der Waals surface area contributed by atoms with Crippen molar-refractivity contribution < 1.29 is 9.53 Å². The van der Waals surface area contributed by atoms with Crippen LogP contribution < -0.4 is 10.6 Å². The van der Waals surface area contributed by atoms with Crippen molar-refractivity contribution in [3.8, 4) is 11.1 Å². The Morgan fingerprint density at radius 2 is 1.97 bits per heavy atom. The lowest BCUT2D eigenvalue weighted by atomic mass is 9.73. The molecule has 1 amide bonds. The van der Waals surface area contributed by atoms with Gasteiger partial charge in [0.15, 0.2) is 0 Å². The molecule has 0 spiro atoms. The third-order valence-electron chi connectivity index (χ3n) is 9.44. The van der Waals surface area contributed by atoms with Crippen molar-refractivity contribution >= 4 is 35.4 Å². The second kappa shape index (κ2) is 12.0. The third-order valence-corrected chi connectivity index (χ3v) is 9.44. The Kier molecular flexibility index (Phi) is 8.51. The van der Waals surface area contributed by atoms with E-state index in [4.69, 9.17) is 20.5 Å².